The second-order valence-electron chi connectivity index (χ2n) is 4.51. The highest BCUT2D eigenvalue weighted by Crippen LogP contribution is 2.32. The summed E-state index contributed by atoms with van der Waals surface area (Å²) in [7, 11) is 0. The lowest BCUT2D eigenvalue weighted by Gasteiger charge is -2.22. The Balaban J connectivity index is 2.21. The topological polar surface area (TPSA) is 12.0 Å². The summed E-state index contributed by atoms with van der Waals surface area (Å²) in [6, 6.07) is 10.5. The lowest BCUT2D eigenvalue weighted by molar-refractivity contribution is 0.554. The van der Waals surface area contributed by atoms with Crippen LogP contribution in [-0.2, 0) is 0 Å². The SMILES string of the molecule is CC(C)C(Nc1ccc(Br)c(Cl)c1)c1cccs1. The lowest BCUT2D eigenvalue weighted by atomic mass is 10.0. The molecule has 1 nitrogen and oxygen atoms in total. The molecular weight excluding hydrogens is 330 g/mol. The molecule has 0 aliphatic heterocycles. The van der Waals surface area contributed by atoms with E-state index in [2.05, 4.69) is 52.6 Å². The van der Waals surface area contributed by atoms with Gasteiger partial charge in [0.05, 0.1) is 11.1 Å². The van der Waals surface area contributed by atoms with Gasteiger partial charge in [-0.15, -0.1) is 11.3 Å². The fraction of sp³-hybridized carbons (Fsp3) is 0.286. The van der Waals surface area contributed by atoms with Gasteiger partial charge in [-0.25, -0.2) is 0 Å². The Bertz CT molecular complexity index is 511. The molecule has 1 N–H and O–H groups in total. The second-order valence-corrected chi connectivity index (χ2v) is 6.75. The van der Waals surface area contributed by atoms with Crippen LogP contribution in [0.15, 0.2) is 40.2 Å². The van der Waals surface area contributed by atoms with Gasteiger partial charge in [0.2, 0.25) is 0 Å². The van der Waals surface area contributed by atoms with Crippen molar-refractivity contribution in [2.45, 2.75) is 19.9 Å². The normalized spacial score (nSPS) is 12.7. The minimum Gasteiger partial charge on any atom is -0.377 e. The summed E-state index contributed by atoms with van der Waals surface area (Å²) in [6.07, 6.45) is 0. The van der Waals surface area contributed by atoms with Crippen LogP contribution in [0.5, 0.6) is 0 Å². The number of benzene rings is 1. The van der Waals surface area contributed by atoms with Crippen LogP contribution in [0.3, 0.4) is 0 Å². The van der Waals surface area contributed by atoms with Gasteiger partial charge < -0.3 is 5.32 Å². The van der Waals surface area contributed by atoms with Gasteiger partial charge in [0.25, 0.3) is 0 Å². The van der Waals surface area contributed by atoms with Gasteiger partial charge >= 0.3 is 0 Å². The highest BCUT2D eigenvalue weighted by Gasteiger charge is 2.16. The van der Waals surface area contributed by atoms with Crippen LogP contribution < -0.4 is 5.32 Å². The number of thiophene rings is 1. The Hall–Kier alpha value is -0.510. The first-order valence-corrected chi connectivity index (χ1v) is 7.88. The molecule has 0 radical (unpaired) electrons. The maximum atomic E-state index is 6.12. The largest absolute Gasteiger partial charge is 0.377 e. The highest BCUT2D eigenvalue weighted by molar-refractivity contribution is 9.10. The van der Waals surface area contributed by atoms with E-state index < -0.39 is 0 Å². The molecule has 96 valence electrons. The number of halogens is 2. The lowest BCUT2D eigenvalue weighted by Crippen LogP contribution is -2.15. The van der Waals surface area contributed by atoms with Crippen LogP contribution in [0, 0.1) is 5.92 Å². The zero-order valence-corrected chi connectivity index (χ0v) is 13.4. The molecule has 0 saturated heterocycles. The molecule has 1 atom stereocenters. The quantitative estimate of drug-likeness (QED) is 0.720. The van der Waals surface area contributed by atoms with E-state index in [1.54, 1.807) is 11.3 Å². The first-order valence-electron chi connectivity index (χ1n) is 5.83. The van der Waals surface area contributed by atoms with E-state index in [4.69, 9.17) is 11.6 Å². The molecule has 0 amide bonds. The number of anilines is 1. The van der Waals surface area contributed by atoms with Crippen molar-refractivity contribution in [3.05, 3.63) is 50.1 Å². The third-order valence-corrected chi connectivity index (χ3v) is 4.95. The van der Waals surface area contributed by atoms with E-state index in [0.717, 1.165) is 15.2 Å². The zero-order chi connectivity index (χ0) is 13.1. The van der Waals surface area contributed by atoms with Gasteiger partial charge in [-0.2, -0.15) is 0 Å². The summed E-state index contributed by atoms with van der Waals surface area (Å²) < 4.78 is 0.923. The van der Waals surface area contributed by atoms with Crippen molar-refractivity contribution in [3.8, 4) is 0 Å². The Labute approximate surface area is 125 Å². The van der Waals surface area contributed by atoms with Crippen molar-refractivity contribution < 1.29 is 0 Å². The Morgan fingerprint density at radius 2 is 2.06 bits per heavy atom. The molecule has 1 heterocycles. The van der Waals surface area contributed by atoms with Crippen molar-refractivity contribution in [2.75, 3.05) is 5.32 Å². The standard InChI is InChI=1S/C14H15BrClNS/c1-9(2)14(13-4-3-7-18-13)17-10-5-6-11(15)12(16)8-10/h3-9,14,17H,1-2H3. The molecule has 2 rings (SSSR count). The smallest absolute Gasteiger partial charge is 0.0629 e. The molecule has 2 aromatic rings. The second kappa shape index (κ2) is 6.09. The predicted molar refractivity (Wildman–Crippen MR) is 84.7 cm³/mol. The van der Waals surface area contributed by atoms with Gasteiger partial charge in [0.15, 0.2) is 0 Å². The number of hydrogen-bond donors (Lipinski definition) is 1. The molecule has 1 aromatic carbocycles. The highest BCUT2D eigenvalue weighted by atomic mass is 79.9. The first-order chi connectivity index (χ1) is 8.58. The van der Waals surface area contributed by atoms with Crippen molar-refractivity contribution >= 4 is 44.6 Å². The van der Waals surface area contributed by atoms with Gasteiger partial charge in [-0.1, -0.05) is 31.5 Å². The van der Waals surface area contributed by atoms with E-state index in [0.29, 0.717) is 12.0 Å². The Morgan fingerprint density at radius 3 is 2.61 bits per heavy atom. The molecule has 18 heavy (non-hydrogen) atoms. The van der Waals surface area contributed by atoms with Crippen molar-refractivity contribution in [2.24, 2.45) is 5.92 Å². The van der Waals surface area contributed by atoms with Gasteiger partial charge in [0, 0.05) is 15.0 Å². The monoisotopic (exact) mass is 343 g/mol. The van der Waals surface area contributed by atoms with Crippen LogP contribution in [-0.4, -0.2) is 0 Å². The molecule has 1 aromatic heterocycles. The van der Waals surface area contributed by atoms with E-state index in [1.165, 1.54) is 4.88 Å². The van der Waals surface area contributed by atoms with Crippen molar-refractivity contribution in [3.63, 3.8) is 0 Å². The third-order valence-electron chi connectivity index (χ3n) is 2.76. The van der Waals surface area contributed by atoms with Crippen molar-refractivity contribution in [1.82, 2.24) is 0 Å². The summed E-state index contributed by atoms with van der Waals surface area (Å²) in [5.41, 5.74) is 1.05. The van der Waals surface area contributed by atoms with Crippen molar-refractivity contribution in [1.29, 1.82) is 0 Å². The average Bonchev–Trinajstić information content (AvgIpc) is 2.83. The van der Waals surface area contributed by atoms with E-state index in [1.807, 2.05) is 18.2 Å². The number of rotatable bonds is 4. The summed E-state index contributed by atoms with van der Waals surface area (Å²) >= 11 is 11.3. The average molecular weight is 345 g/mol. The maximum Gasteiger partial charge on any atom is 0.0629 e. The molecule has 0 aliphatic carbocycles. The fourth-order valence-corrected chi connectivity index (χ4v) is 3.18. The van der Waals surface area contributed by atoms with Crippen LogP contribution in [0.2, 0.25) is 5.02 Å². The van der Waals surface area contributed by atoms with Gasteiger partial charge in [-0.3, -0.25) is 0 Å². The minimum atomic E-state index is 0.322. The van der Waals surface area contributed by atoms with E-state index in [-0.39, 0.29) is 0 Å². The summed E-state index contributed by atoms with van der Waals surface area (Å²) in [5, 5.41) is 6.40. The molecule has 4 heteroatoms. The zero-order valence-electron chi connectivity index (χ0n) is 10.3. The summed E-state index contributed by atoms with van der Waals surface area (Å²) in [5.74, 6) is 0.520. The summed E-state index contributed by atoms with van der Waals surface area (Å²) in [6.45, 7) is 4.44. The number of nitrogens with one attached hydrogen (secondary N) is 1. The minimum absolute atomic E-state index is 0.322. The van der Waals surface area contributed by atoms with E-state index in [9.17, 15) is 0 Å². The predicted octanol–water partition coefficient (Wildman–Crippen LogP) is 5.97. The van der Waals surface area contributed by atoms with Crippen LogP contribution in [0.4, 0.5) is 5.69 Å². The maximum absolute atomic E-state index is 6.12. The third kappa shape index (κ3) is 3.28. The molecule has 0 saturated carbocycles. The number of hydrogen-bond acceptors (Lipinski definition) is 2. The van der Waals surface area contributed by atoms with E-state index >= 15 is 0 Å². The Kier molecular flexibility index (Phi) is 4.71. The fourth-order valence-electron chi connectivity index (χ4n) is 1.80. The van der Waals surface area contributed by atoms with Crippen LogP contribution in [0.25, 0.3) is 0 Å². The molecule has 0 bridgehead atoms. The molecular formula is C14H15BrClNS. The molecule has 0 spiro atoms. The molecule has 0 fully saturated rings. The van der Waals surface area contributed by atoms with Gasteiger partial charge in [0.1, 0.15) is 0 Å². The van der Waals surface area contributed by atoms with Crippen LogP contribution >= 0.6 is 38.9 Å². The molecule has 1 unspecified atom stereocenters. The van der Waals surface area contributed by atoms with Crippen LogP contribution in [0.1, 0.15) is 24.8 Å². The Morgan fingerprint density at radius 1 is 1.28 bits per heavy atom. The van der Waals surface area contributed by atoms with Gasteiger partial charge in [-0.05, 0) is 51.5 Å². The molecule has 0 aliphatic rings. The first kappa shape index (κ1) is 13.9. The summed E-state index contributed by atoms with van der Waals surface area (Å²) in [4.78, 5) is 1.35.